The predicted octanol–water partition coefficient (Wildman–Crippen LogP) is 3.30. The van der Waals surface area contributed by atoms with E-state index in [2.05, 4.69) is 5.32 Å². The van der Waals surface area contributed by atoms with E-state index in [0.717, 1.165) is 37.0 Å². The third kappa shape index (κ3) is 4.73. The van der Waals surface area contributed by atoms with Crippen LogP contribution in [0.3, 0.4) is 0 Å². The predicted molar refractivity (Wildman–Crippen MR) is 91.0 cm³/mol. The van der Waals surface area contributed by atoms with Crippen molar-refractivity contribution in [1.82, 2.24) is 0 Å². The van der Waals surface area contributed by atoms with E-state index in [1.54, 1.807) is 23.9 Å². The maximum atomic E-state index is 12.2. The number of ketones is 1. The lowest BCUT2D eigenvalue weighted by molar-refractivity contribution is -0.115. The van der Waals surface area contributed by atoms with Crippen LogP contribution in [0.5, 0.6) is 0 Å². The molecule has 0 fully saturated rings. The van der Waals surface area contributed by atoms with Gasteiger partial charge in [0.05, 0.1) is 17.2 Å². The molecule has 4 nitrogen and oxygen atoms in total. The first-order valence-corrected chi connectivity index (χ1v) is 8.99. The van der Waals surface area contributed by atoms with Gasteiger partial charge in [-0.05, 0) is 36.3 Å². The van der Waals surface area contributed by atoms with Crippen molar-refractivity contribution in [3.05, 3.63) is 28.3 Å². The summed E-state index contributed by atoms with van der Waals surface area (Å²) in [5.41, 5.74) is 2.06. The smallest absolute Gasteiger partial charge is 0.228 e. The van der Waals surface area contributed by atoms with Crippen LogP contribution >= 0.6 is 23.4 Å². The number of carbonyl (C=O) groups excluding carboxylic acids is 2. The lowest BCUT2D eigenvalue weighted by Gasteiger charge is -2.07. The fourth-order valence-corrected chi connectivity index (χ4v) is 3.54. The SMILES string of the molecule is O=C1Cc2cc(C(=O)CSCCCCCCO)c(Cl)cc2N1. The van der Waals surface area contributed by atoms with Crippen molar-refractivity contribution >= 4 is 40.7 Å². The highest BCUT2D eigenvalue weighted by molar-refractivity contribution is 7.99. The summed E-state index contributed by atoms with van der Waals surface area (Å²) in [4.78, 5) is 23.6. The Morgan fingerprint density at radius 3 is 2.82 bits per heavy atom. The number of aliphatic hydroxyl groups is 1. The molecule has 2 N–H and O–H groups in total. The Hall–Kier alpha value is -1.04. The number of unbranched alkanes of at least 4 members (excludes halogenated alkanes) is 3. The molecule has 0 saturated heterocycles. The van der Waals surface area contributed by atoms with Gasteiger partial charge in [0.1, 0.15) is 0 Å². The van der Waals surface area contributed by atoms with Crippen molar-refractivity contribution in [2.75, 3.05) is 23.4 Å². The minimum atomic E-state index is -0.0621. The molecule has 120 valence electrons. The largest absolute Gasteiger partial charge is 0.396 e. The monoisotopic (exact) mass is 341 g/mol. The van der Waals surface area contributed by atoms with Crippen molar-refractivity contribution in [1.29, 1.82) is 0 Å². The van der Waals surface area contributed by atoms with Crippen molar-refractivity contribution in [2.45, 2.75) is 32.1 Å². The van der Waals surface area contributed by atoms with Crippen LogP contribution < -0.4 is 5.32 Å². The number of fused-ring (bicyclic) bond motifs is 1. The van der Waals surface area contributed by atoms with E-state index in [0.29, 0.717) is 28.4 Å². The number of nitrogens with one attached hydrogen (secondary N) is 1. The molecule has 1 heterocycles. The molecule has 0 radical (unpaired) electrons. The third-order valence-corrected chi connectivity index (χ3v) is 4.90. The number of amides is 1. The zero-order chi connectivity index (χ0) is 15.9. The highest BCUT2D eigenvalue weighted by atomic mass is 35.5. The van der Waals surface area contributed by atoms with Crippen molar-refractivity contribution in [3.8, 4) is 0 Å². The minimum absolute atomic E-state index is 0.00695. The van der Waals surface area contributed by atoms with Crippen LogP contribution in [-0.4, -0.2) is 34.9 Å². The standard InChI is InChI=1S/C16H20ClNO3S/c17-13-9-14-11(8-16(21)18-14)7-12(13)15(20)10-22-6-4-2-1-3-5-19/h7,9,19H,1-6,8,10H2,(H,18,21). The maximum absolute atomic E-state index is 12.2. The minimum Gasteiger partial charge on any atom is -0.396 e. The van der Waals surface area contributed by atoms with Crippen LogP contribution in [0.25, 0.3) is 0 Å². The van der Waals surface area contributed by atoms with Crippen LogP contribution in [0.2, 0.25) is 5.02 Å². The van der Waals surface area contributed by atoms with E-state index in [-0.39, 0.29) is 18.3 Å². The topological polar surface area (TPSA) is 66.4 Å². The van der Waals surface area contributed by atoms with Crippen LogP contribution in [0.4, 0.5) is 5.69 Å². The van der Waals surface area contributed by atoms with Gasteiger partial charge in [0.15, 0.2) is 5.78 Å². The second kappa shape index (κ2) is 8.56. The van der Waals surface area contributed by atoms with Crippen LogP contribution in [0.15, 0.2) is 12.1 Å². The normalized spacial score (nSPS) is 13.1. The van der Waals surface area contributed by atoms with Gasteiger partial charge in [-0.15, -0.1) is 0 Å². The second-order valence-corrected chi connectivity index (χ2v) is 6.84. The van der Waals surface area contributed by atoms with Crippen LogP contribution in [0.1, 0.15) is 41.6 Å². The molecular weight excluding hydrogens is 322 g/mol. The van der Waals surface area contributed by atoms with Crippen LogP contribution in [0, 0.1) is 0 Å². The van der Waals surface area contributed by atoms with Gasteiger partial charge < -0.3 is 10.4 Å². The fraction of sp³-hybridized carbons (Fsp3) is 0.500. The number of benzene rings is 1. The fourth-order valence-electron chi connectivity index (χ4n) is 2.37. The van der Waals surface area contributed by atoms with Gasteiger partial charge in [0, 0.05) is 17.9 Å². The van der Waals surface area contributed by atoms with E-state index < -0.39 is 0 Å². The molecule has 0 saturated carbocycles. The highest BCUT2D eigenvalue weighted by Gasteiger charge is 2.21. The Kier molecular flexibility index (Phi) is 6.73. The lowest BCUT2D eigenvalue weighted by Crippen LogP contribution is -2.05. The molecule has 0 bridgehead atoms. The maximum Gasteiger partial charge on any atom is 0.228 e. The first-order valence-electron chi connectivity index (χ1n) is 7.46. The summed E-state index contributed by atoms with van der Waals surface area (Å²) in [7, 11) is 0. The van der Waals surface area contributed by atoms with E-state index in [1.807, 2.05) is 0 Å². The molecule has 6 heteroatoms. The highest BCUT2D eigenvalue weighted by Crippen LogP contribution is 2.30. The molecule has 1 aromatic carbocycles. The molecular formula is C16H20ClNO3S. The number of Topliss-reactive ketones (excluding diaryl/α,β-unsaturated/α-hetero) is 1. The number of thioether (sulfide) groups is 1. The van der Waals surface area contributed by atoms with Gasteiger partial charge in [-0.25, -0.2) is 0 Å². The second-order valence-electron chi connectivity index (χ2n) is 5.33. The van der Waals surface area contributed by atoms with Crippen molar-refractivity contribution < 1.29 is 14.7 Å². The Morgan fingerprint density at radius 2 is 2.05 bits per heavy atom. The number of rotatable bonds is 9. The molecule has 2 rings (SSSR count). The number of aliphatic hydroxyl groups excluding tert-OH is 1. The number of hydrogen-bond acceptors (Lipinski definition) is 4. The molecule has 0 aromatic heterocycles. The van der Waals surface area contributed by atoms with E-state index in [1.165, 1.54) is 0 Å². The average molecular weight is 342 g/mol. The molecule has 0 atom stereocenters. The number of anilines is 1. The van der Waals surface area contributed by atoms with E-state index in [4.69, 9.17) is 16.7 Å². The summed E-state index contributed by atoms with van der Waals surface area (Å²) >= 11 is 7.75. The molecule has 1 aliphatic heterocycles. The first-order chi connectivity index (χ1) is 10.6. The summed E-state index contributed by atoms with van der Waals surface area (Å²) in [6.07, 6.45) is 4.32. The number of halogens is 1. The average Bonchev–Trinajstić information content (AvgIpc) is 2.84. The van der Waals surface area contributed by atoms with E-state index >= 15 is 0 Å². The van der Waals surface area contributed by atoms with Gasteiger partial charge in [-0.2, -0.15) is 11.8 Å². The van der Waals surface area contributed by atoms with Gasteiger partial charge in [0.25, 0.3) is 0 Å². The molecule has 0 spiro atoms. The molecule has 22 heavy (non-hydrogen) atoms. The zero-order valence-corrected chi connectivity index (χ0v) is 13.9. The Labute approximate surface area is 139 Å². The summed E-state index contributed by atoms with van der Waals surface area (Å²) in [6.45, 7) is 0.250. The van der Waals surface area contributed by atoms with Crippen LogP contribution in [-0.2, 0) is 11.2 Å². The lowest BCUT2D eigenvalue weighted by atomic mass is 10.1. The zero-order valence-electron chi connectivity index (χ0n) is 12.4. The number of hydrogen-bond donors (Lipinski definition) is 2. The Morgan fingerprint density at radius 1 is 1.27 bits per heavy atom. The Bertz CT molecular complexity index is 563. The first kappa shape index (κ1) is 17.3. The summed E-state index contributed by atoms with van der Waals surface area (Å²) in [5, 5.41) is 11.8. The third-order valence-electron chi connectivity index (χ3n) is 3.55. The summed E-state index contributed by atoms with van der Waals surface area (Å²) < 4.78 is 0. The summed E-state index contributed by atoms with van der Waals surface area (Å²) in [6, 6.07) is 3.40. The quantitative estimate of drug-likeness (QED) is 0.534. The van der Waals surface area contributed by atoms with Crippen molar-refractivity contribution in [3.63, 3.8) is 0 Å². The molecule has 0 aliphatic carbocycles. The summed E-state index contributed by atoms with van der Waals surface area (Å²) in [5.74, 6) is 1.28. The number of carbonyl (C=O) groups is 2. The molecule has 0 unspecified atom stereocenters. The van der Waals surface area contributed by atoms with Crippen molar-refractivity contribution in [2.24, 2.45) is 0 Å². The molecule has 1 amide bonds. The van der Waals surface area contributed by atoms with E-state index in [9.17, 15) is 9.59 Å². The molecule has 1 aromatic rings. The molecule has 1 aliphatic rings. The van der Waals surface area contributed by atoms with Gasteiger partial charge >= 0.3 is 0 Å². The van der Waals surface area contributed by atoms with Gasteiger partial charge in [0.2, 0.25) is 5.91 Å². The Balaban J connectivity index is 1.81. The van der Waals surface area contributed by atoms with Gasteiger partial charge in [-0.3, -0.25) is 9.59 Å². The van der Waals surface area contributed by atoms with Gasteiger partial charge in [-0.1, -0.05) is 24.4 Å².